The Morgan fingerprint density at radius 1 is 1.50 bits per heavy atom. The van der Waals surface area contributed by atoms with E-state index in [1.807, 2.05) is 24.0 Å². The van der Waals surface area contributed by atoms with Crippen molar-refractivity contribution in [2.24, 2.45) is 0 Å². The lowest BCUT2D eigenvalue weighted by Gasteiger charge is -2.21. The van der Waals surface area contributed by atoms with Gasteiger partial charge in [0.15, 0.2) is 0 Å². The van der Waals surface area contributed by atoms with Crippen LogP contribution in [-0.4, -0.2) is 53.9 Å². The maximum atomic E-state index is 11.7. The molecule has 0 aromatic carbocycles. The third-order valence-electron chi connectivity index (χ3n) is 3.44. The minimum absolute atomic E-state index is 0.318. The van der Waals surface area contributed by atoms with Gasteiger partial charge in [0, 0.05) is 37.3 Å². The number of aromatic nitrogens is 1. The van der Waals surface area contributed by atoms with Crippen LogP contribution < -0.4 is 4.74 Å². The summed E-state index contributed by atoms with van der Waals surface area (Å²) < 4.78 is 10.00. The zero-order valence-electron chi connectivity index (χ0n) is 12.0. The van der Waals surface area contributed by atoms with Crippen LogP contribution in [0.15, 0.2) is 12.1 Å². The van der Waals surface area contributed by atoms with Gasteiger partial charge >= 0.3 is 5.97 Å². The molecule has 0 saturated carbocycles. The molecule has 0 aliphatic carbocycles. The van der Waals surface area contributed by atoms with Crippen molar-refractivity contribution in [3.63, 3.8) is 0 Å². The van der Waals surface area contributed by atoms with Crippen LogP contribution in [0.25, 0.3) is 0 Å². The second-order valence-corrected chi connectivity index (χ2v) is 5.00. The van der Waals surface area contributed by atoms with Crippen molar-refractivity contribution < 1.29 is 19.4 Å². The molecule has 6 heteroatoms. The molecule has 2 unspecified atom stereocenters. The molecule has 0 radical (unpaired) electrons. The smallest absolute Gasteiger partial charge is 0.323 e. The number of hydrogen-bond acceptors (Lipinski definition) is 6. The van der Waals surface area contributed by atoms with Crippen LogP contribution in [0.5, 0.6) is 5.75 Å². The highest BCUT2D eigenvalue weighted by atomic mass is 16.5. The van der Waals surface area contributed by atoms with Crippen molar-refractivity contribution in [2.45, 2.75) is 32.0 Å². The largest absolute Gasteiger partial charge is 0.497 e. The van der Waals surface area contributed by atoms with Gasteiger partial charge in [-0.1, -0.05) is 0 Å². The Labute approximate surface area is 118 Å². The predicted octanol–water partition coefficient (Wildman–Crippen LogP) is 0.507. The van der Waals surface area contributed by atoms with E-state index in [0.717, 1.165) is 17.1 Å². The van der Waals surface area contributed by atoms with Crippen molar-refractivity contribution in [3.8, 4) is 5.75 Å². The number of β-amino-alcohol motifs (C(OH)–C–C–N with tert-alkyl or cyclic N) is 1. The van der Waals surface area contributed by atoms with Gasteiger partial charge in [0.2, 0.25) is 0 Å². The van der Waals surface area contributed by atoms with Gasteiger partial charge in [-0.25, -0.2) is 0 Å². The average Bonchev–Trinajstić information content (AvgIpc) is 2.77. The van der Waals surface area contributed by atoms with E-state index in [1.165, 1.54) is 7.11 Å². The fourth-order valence-corrected chi connectivity index (χ4v) is 2.55. The number of rotatable bonds is 4. The van der Waals surface area contributed by atoms with Crippen LogP contribution in [0.3, 0.4) is 0 Å². The highest BCUT2D eigenvalue weighted by Crippen LogP contribution is 2.22. The van der Waals surface area contributed by atoms with E-state index in [9.17, 15) is 9.90 Å². The van der Waals surface area contributed by atoms with Crippen LogP contribution in [0.4, 0.5) is 0 Å². The third-order valence-corrected chi connectivity index (χ3v) is 3.44. The Balaban J connectivity index is 2.15. The lowest BCUT2D eigenvalue weighted by Crippen LogP contribution is -2.36. The van der Waals surface area contributed by atoms with Gasteiger partial charge in [-0.3, -0.25) is 14.7 Å². The fourth-order valence-electron chi connectivity index (χ4n) is 2.55. The number of ether oxygens (including phenoxy) is 2. The number of aliphatic hydroxyl groups is 1. The average molecular weight is 280 g/mol. The van der Waals surface area contributed by atoms with Crippen molar-refractivity contribution in [1.29, 1.82) is 0 Å². The lowest BCUT2D eigenvalue weighted by molar-refractivity contribution is -0.146. The van der Waals surface area contributed by atoms with Gasteiger partial charge in [-0.15, -0.1) is 0 Å². The molecule has 0 spiro atoms. The molecule has 0 bridgehead atoms. The minimum Gasteiger partial charge on any atom is -0.497 e. The molecule has 1 fully saturated rings. The number of aryl methyl sites for hydroxylation is 1. The molecule has 1 aromatic rings. The van der Waals surface area contributed by atoms with E-state index < -0.39 is 12.1 Å². The van der Waals surface area contributed by atoms with E-state index in [2.05, 4.69) is 4.98 Å². The summed E-state index contributed by atoms with van der Waals surface area (Å²) in [6, 6.07) is 3.27. The predicted molar refractivity (Wildman–Crippen MR) is 72.4 cm³/mol. The van der Waals surface area contributed by atoms with Crippen LogP contribution in [0, 0.1) is 6.92 Å². The molecule has 110 valence electrons. The summed E-state index contributed by atoms with van der Waals surface area (Å²) in [4.78, 5) is 18.1. The summed E-state index contributed by atoms with van der Waals surface area (Å²) in [6.07, 6.45) is -0.110. The fraction of sp³-hybridized carbons (Fsp3) is 0.571. The molecule has 1 aromatic heterocycles. The van der Waals surface area contributed by atoms with Crippen molar-refractivity contribution in [3.05, 3.63) is 23.5 Å². The molecule has 1 aliphatic heterocycles. The van der Waals surface area contributed by atoms with E-state index in [4.69, 9.17) is 9.47 Å². The van der Waals surface area contributed by atoms with Crippen LogP contribution >= 0.6 is 0 Å². The molecule has 1 saturated heterocycles. The molecule has 6 nitrogen and oxygen atoms in total. The normalized spacial score (nSPS) is 22.8. The molecule has 20 heavy (non-hydrogen) atoms. The Hall–Kier alpha value is -1.66. The van der Waals surface area contributed by atoms with Crippen molar-refractivity contribution >= 4 is 5.97 Å². The van der Waals surface area contributed by atoms with Gasteiger partial charge in [0.1, 0.15) is 11.8 Å². The molecule has 2 atom stereocenters. The molecular weight excluding hydrogens is 260 g/mol. The Morgan fingerprint density at radius 3 is 2.90 bits per heavy atom. The first-order chi connectivity index (χ1) is 9.53. The summed E-state index contributed by atoms with van der Waals surface area (Å²) in [6.45, 7) is 2.81. The number of esters is 1. The molecular formula is C14H20N2O4. The molecule has 1 N–H and O–H groups in total. The maximum absolute atomic E-state index is 11.7. The van der Waals surface area contributed by atoms with E-state index in [1.54, 1.807) is 7.11 Å². The lowest BCUT2D eigenvalue weighted by atomic mass is 10.2. The van der Waals surface area contributed by atoms with Gasteiger partial charge in [0.05, 0.1) is 26.0 Å². The number of methoxy groups -OCH3 is 2. The first kappa shape index (κ1) is 14.7. The number of carbonyl (C=O) groups is 1. The first-order valence-corrected chi connectivity index (χ1v) is 6.55. The number of hydrogen-bond donors (Lipinski definition) is 1. The van der Waals surface area contributed by atoms with E-state index >= 15 is 0 Å². The number of pyridine rings is 1. The number of likely N-dealkylation sites (tertiary alicyclic amines) is 1. The van der Waals surface area contributed by atoms with Gasteiger partial charge in [-0.2, -0.15) is 0 Å². The number of carbonyl (C=O) groups excluding carboxylic acids is 1. The second-order valence-electron chi connectivity index (χ2n) is 5.00. The van der Waals surface area contributed by atoms with Crippen LogP contribution in [0.1, 0.15) is 17.8 Å². The first-order valence-electron chi connectivity index (χ1n) is 6.55. The zero-order chi connectivity index (χ0) is 14.7. The SMILES string of the molecule is COC(=O)C1CC(O)CN1Cc1cc(OC)cc(C)n1. The summed E-state index contributed by atoms with van der Waals surface area (Å²) >= 11 is 0. The van der Waals surface area contributed by atoms with Crippen molar-refractivity contribution in [2.75, 3.05) is 20.8 Å². The Morgan fingerprint density at radius 2 is 2.25 bits per heavy atom. The zero-order valence-corrected chi connectivity index (χ0v) is 12.0. The Kier molecular flexibility index (Phi) is 4.57. The second kappa shape index (κ2) is 6.19. The maximum Gasteiger partial charge on any atom is 0.323 e. The Bertz CT molecular complexity index is 492. The molecule has 0 amide bonds. The summed E-state index contributed by atoms with van der Waals surface area (Å²) in [5.41, 5.74) is 1.67. The van der Waals surface area contributed by atoms with Crippen LogP contribution in [-0.2, 0) is 16.1 Å². The van der Waals surface area contributed by atoms with Gasteiger partial charge < -0.3 is 14.6 Å². The van der Waals surface area contributed by atoms with Crippen molar-refractivity contribution in [1.82, 2.24) is 9.88 Å². The minimum atomic E-state index is -0.509. The van der Waals surface area contributed by atoms with E-state index in [-0.39, 0.29) is 5.97 Å². The summed E-state index contributed by atoms with van der Waals surface area (Å²) in [5.74, 6) is 0.419. The highest BCUT2D eigenvalue weighted by Gasteiger charge is 2.36. The summed E-state index contributed by atoms with van der Waals surface area (Å²) in [5, 5.41) is 9.75. The van der Waals surface area contributed by atoms with Gasteiger partial charge in [-0.05, 0) is 6.92 Å². The topological polar surface area (TPSA) is 71.9 Å². The monoisotopic (exact) mass is 280 g/mol. The molecule has 2 rings (SSSR count). The van der Waals surface area contributed by atoms with E-state index in [0.29, 0.717) is 19.5 Å². The quantitative estimate of drug-likeness (QED) is 0.810. The third kappa shape index (κ3) is 3.26. The number of nitrogens with zero attached hydrogens (tertiary/aromatic N) is 2. The van der Waals surface area contributed by atoms with Crippen LogP contribution in [0.2, 0.25) is 0 Å². The number of aliphatic hydroxyl groups excluding tert-OH is 1. The highest BCUT2D eigenvalue weighted by molar-refractivity contribution is 5.76. The molecule has 1 aliphatic rings. The standard InChI is InChI=1S/C14H20N2O4/c1-9-4-12(19-2)5-10(15-9)7-16-8-11(17)6-13(16)14(18)20-3/h4-5,11,13,17H,6-8H2,1-3H3. The molecule has 2 heterocycles. The summed E-state index contributed by atoms with van der Waals surface area (Å²) in [7, 11) is 2.97. The van der Waals surface area contributed by atoms with Gasteiger partial charge in [0.25, 0.3) is 0 Å².